The average molecular weight is 623 g/mol. The first-order valence-corrected chi connectivity index (χ1v) is 21.2. The monoisotopic (exact) mass is 623 g/mol. The number of aliphatic hydroxyl groups is 1. The molecular weight excluding hydrogens is 534 g/mol. The number of aliphatic hydroxyl groups excluding tert-OH is 1. The standard InChI is InChI=1S/C42H88NO/c1-4-7-10-13-16-19-22-25-28-33-38-43(41-36-31-32-37-42-44,39-34-29-26-23-20-17-14-11-8-5-2)40-35-30-27-24-21-18-15-12-9-6-3/h44H,4-42H2,1-3H3/q+1. The predicted molar refractivity (Wildman–Crippen MR) is 201 cm³/mol. The van der Waals surface area contributed by atoms with Gasteiger partial charge in [0.1, 0.15) is 0 Å². The lowest BCUT2D eigenvalue weighted by atomic mass is 10.0. The fourth-order valence-electron chi connectivity index (χ4n) is 7.39. The van der Waals surface area contributed by atoms with Gasteiger partial charge in [-0.1, -0.05) is 181 Å². The third-order valence-electron chi connectivity index (χ3n) is 10.5. The molecule has 0 heterocycles. The second-order valence-corrected chi connectivity index (χ2v) is 14.9. The summed E-state index contributed by atoms with van der Waals surface area (Å²) < 4.78 is 1.42. The summed E-state index contributed by atoms with van der Waals surface area (Å²) in [6.07, 6.45) is 48.2. The van der Waals surface area contributed by atoms with Crippen molar-refractivity contribution in [1.82, 2.24) is 0 Å². The molecule has 266 valence electrons. The van der Waals surface area contributed by atoms with Crippen LogP contribution in [0.25, 0.3) is 0 Å². The molecule has 0 atom stereocenters. The van der Waals surface area contributed by atoms with E-state index < -0.39 is 0 Å². The number of quaternary nitrogens is 1. The molecule has 0 unspecified atom stereocenters. The fourth-order valence-corrected chi connectivity index (χ4v) is 7.39. The highest BCUT2D eigenvalue weighted by atomic mass is 16.2. The maximum atomic E-state index is 9.30. The van der Waals surface area contributed by atoms with Crippen molar-refractivity contribution in [3.8, 4) is 0 Å². The minimum absolute atomic E-state index is 0.371. The predicted octanol–water partition coefficient (Wildman–Crippen LogP) is 14.1. The van der Waals surface area contributed by atoms with Gasteiger partial charge < -0.3 is 9.59 Å². The zero-order chi connectivity index (χ0) is 32.1. The third-order valence-corrected chi connectivity index (χ3v) is 10.5. The molecule has 44 heavy (non-hydrogen) atoms. The van der Waals surface area contributed by atoms with Crippen molar-refractivity contribution in [3.63, 3.8) is 0 Å². The van der Waals surface area contributed by atoms with Crippen molar-refractivity contribution >= 4 is 0 Å². The van der Waals surface area contributed by atoms with Crippen LogP contribution in [0.4, 0.5) is 0 Å². The van der Waals surface area contributed by atoms with Crippen LogP contribution in [0.3, 0.4) is 0 Å². The first-order chi connectivity index (χ1) is 21.7. The highest BCUT2D eigenvalue weighted by Gasteiger charge is 2.25. The van der Waals surface area contributed by atoms with E-state index in [1.54, 1.807) is 0 Å². The zero-order valence-electron chi connectivity index (χ0n) is 31.5. The second-order valence-electron chi connectivity index (χ2n) is 14.9. The molecule has 0 radical (unpaired) electrons. The van der Waals surface area contributed by atoms with Gasteiger partial charge in [0.05, 0.1) is 26.2 Å². The summed E-state index contributed by atoms with van der Waals surface area (Å²) in [4.78, 5) is 0. The van der Waals surface area contributed by atoms with Crippen molar-refractivity contribution < 1.29 is 9.59 Å². The van der Waals surface area contributed by atoms with E-state index in [2.05, 4.69) is 20.8 Å². The number of nitrogens with zero attached hydrogens (tertiary/aromatic N) is 1. The molecule has 0 fully saturated rings. The van der Waals surface area contributed by atoms with Gasteiger partial charge in [-0.2, -0.15) is 0 Å². The SMILES string of the molecule is CCCCCCCCCCCC[N+](CCCCCCO)(CCCCCCCCCCCC)CCCCCCCCCCCC. The Morgan fingerprint density at radius 2 is 0.432 bits per heavy atom. The van der Waals surface area contributed by atoms with Crippen LogP contribution in [0, 0.1) is 0 Å². The average Bonchev–Trinajstić information content (AvgIpc) is 3.03. The van der Waals surface area contributed by atoms with Crippen LogP contribution in [-0.4, -0.2) is 42.4 Å². The Hall–Kier alpha value is -0.0800. The van der Waals surface area contributed by atoms with Crippen LogP contribution >= 0.6 is 0 Å². The molecule has 1 N–H and O–H groups in total. The van der Waals surface area contributed by atoms with E-state index in [-0.39, 0.29) is 0 Å². The Labute approximate surface area is 280 Å². The van der Waals surface area contributed by atoms with Crippen LogP contribution in [-0.2, 0) is 0 Å². The number of unbranched alkanes of at least 4 members (excludes halogenated alkanes) is 30. The molecule has 0 saturated carbocycles. The van der Waals surface area contributed by atoms with Crippen LogP contribution in [0.15, 0.2) is 0 Å². The summed E-state index contributed by atoms with van der Waals surface area (Å²) in [5, 5.41) is 9.30. The highest BCUT2D eigenvalue weighted by Crippen LogP contribution is 2.21. The largest absolute Gasteiger partial charge is 0.396 e. The Bertz CT molecular complexity index is 446. The van der Waals surface area contributed by atoms with Crippen molar-refractivity contribution in [2.75, 3.05) is 32.8 Å². The Kier molecular flexibility index (Phi) is 37.3. The lowest BCUT2D eigenvalue weighted by Gasteiger charge is -2.40. The molecule has 0 saturated heterocycles. The van der Waals surface area contributed by atoms with Gasteiger partial charge in [0, 0.05) is 6.61 Å². The fraction of sp³-hybridized carbons (Fsp3) is 1.00. The molecule has 2 nitrogen and oxygen atoms in total. The summed E-state index contributed by atoms with van der Waals surface area (Å²) in [5.74, 6) is 0. The number of hydrogen-bond acceptors (Lipinski definition) is 1. The zero-order valence-corrected chi connectivity index (χ0v) is 31.5. The van der Waals surface area contributed by atoms with Crippen LogP contribution < -0.4 is 0 Å². The minimum atomic E-state index is 0.371. The quantitative estimate of drug-likeness (QED) is 0.0534. The number of hydrogen-bond donors (Lipinski definition) is 1. The van der Waals surface area contributed by atoms with Crippen LogP contribution in [0.1, 0.15) is 239 Å². The molecule has 0 rings (SSSR count). The Morgan fingerprint density at radius 1 is 0.250 bits per heavy atom. The normalized spacial score (nSPS) is 12.0. The first-order valence-electron chi connectivity index (χ1n) is 21.2. The first kappa shape index (κ1) is 43.9. The van der Waals surface area contributed by atoms with Crippen LogP contribution in [0.2, 0.25) is 0 Å². The van der Waals surface area contributed by atoms with Crippen molar-refractivity contribution in [1.29, 1.82) is 0 Å². The Morgan fingerprint density at radius 3 is 0.636 bits per heavy atom. The van der Waals surface area contributed by atoms with E-state index in [1.165, 1.54) is 243 Å². The molecule has 0 aliphatic heterocycles. The van der Waals surface area contributed by atoms with E-state index in [0.29, 0.717) is 6.61 Å². The maximum absolute atomic E-state index is 9.30. The topological polar surface area (TPSA) is 20.2 Å². The molecule has 0 aromatic carbocycles. The maximum Gasteiger partial charge on any atom is 0.0786 e. The molecule has 0 aromatic rings. The Balaban J connectivity index is 4.72. The molecule has 0 bridgehead atoms. The van der Waals surface area contributed by atoms with Gasteiger partial charge in [-0.25, -0.2) is 0 Å². The second kappa shape index (κ2) is 37.4. The molecule has 0 spiro atoms. The van der Waals surface area contributed by atoms with Gasteiger partial charge >= 0.3 is 0 Å². The summed E-state index contributed by atoms with van der Waals surface area (Å²) in [6.45, 7) is 13.0. The summed E-state index contributed by atoms with van der Waals surface area (Å²) in [7, 11) is 0. The van der Waals surface area contributed by atoms with E-state index >= 15 is 0 Å². The van der Waals surface area contributed by atoms with E-state index in [9.17, 15) is 5.11 Å². The van der Waals surface area contributed by atoms with E-state index in [1.807, 2.05) is 0 Å². The van der Waals surface area contributed by atoms with Crippen molar-refractivity contribution in [2.45, 2.75) is 239 Å². The van der Waals surface area contributed by atoms with Crippen molar-refractivity contribution in [3.05, 3.63) is 0 Å². The van der Waals surface area contributed by atoms with E-state index in [0.717, 1.165) is 6.42 Å². The molecule has 2 heteroatoms. The smallest absolute Gasteiger partial charge is 0.0786 e. The van der Waals surface area contributed by atoms with Gasteiger partial charge in [-0.3, -0.25) is 0 Å². The molecule has 0 aromatic heterocycles. The lowest BCUT2D eigenvalue weighted by molar-refractivity contribution is -0.929. The van der Waals surface area contributed by atoms with Gasteiger partial charge in [0.2, 0.25) is 0 Å². The van der Waals surface area contributed by atoms with Crippen molar-refractivity contribution in [2.24, 2.45) is 0 Å². The van der Waals surface area contributed by atoms with E-state index in [4.69, 9.17) is 0 Å². The summed E-state index contributed by atoms with van der Waals surface area (Å²) in [6, 6.07) is 0. The van der Waals surface area contributed by atoms with Gasteiger partial charge in [0.15, 0.2) is 0 Å². The molecule has 0 aliphatic rings. The molecular formula is C42H88NO+. The third kappa shape index (κ3) is 31.9. The minimum Gasteiger partial charge on any atom is -0.396 e. The summed E-state index contributed by atoms with van der Waals surface area (Å²) >= 11 is 0. The van der Waals surface area contributed by atoms with Crippen LogP contribution in [0.5, 0.6) is 0 Å². The number of rotatable bonds is 39. The van der Waals surface area contributed by atoms with Gasteiger partial charge in [0.25, 0.3) is 0 Å². The molecule has 0 aliphatic carbocycles. The molecule has 0 amide bonds. The highest BCUT2D eigenvalue weighted by molar-refractivity contribution is 4.56. The van der Waals surface area contributed by atoms with Gasteiger partial charge in [-0.15, -0.1) is 0 Å². The summed E-state index contributed by atoms with van der Waals surface area (Å²) in [5.41, 5.74) is 0. The van der Waals surface area contributed by atoms with Gasteiger partial charge in [-0.05, 0) is 57.8 Å². The lowest BCUT2D eigenvalue weighted by Crippen LogP contribution is -2.50.